The lowest BCUT2D eigenvalue weighted by Crippen LogP contribution is -2.51. The maximum absolute atomic E-state index is 13.4. The molecule has 1 spiro atoms. The predicted molar refractivity (Wildman–Crippen MR) is 125 cm³/mol. The Balaban J connectivity index is 1.21. The van der Waals surface area contributed by atoms with E-state index < -0.39 is 15.8 Å². The maximum atomic E-state index is 13.4. The first-order valence-corrected chi connectivity index (χ1v) is 13.0. The number of aryl methyl sites for hydroxylation is 1. The van der Waals surface area contributed by atoms with Crippen LogP contribution in [0.2, 0.25) is 0 Å². The molecule has 2 fully saturated rings. The number of hydrogen-bond acceptors (Lipinski definition) is 7. The molecule has 0 aromatic heterocycles. The van der Waals surface area contributed by atoms with Gasteiger partial charge in [-0.3, -0.25) is 4.90 Å². The quantitative estimate of drug-likeness (QED) is 0.712. The second kappa shape index (κ2) is 8.88. The Kier molecular flexibility index (Phi) is 6.09. The zero-order valence-corrected chi connectivity index (χ0v) is 19.8. The van der Waals surface area contributed by atoms with E-state index in [1.165, 1.54) is 4.31 Å². The molecule has 9 heteroatoms. The number of fused-ring (bicyclic) bond motifs is 2. The summed E-state index contributed by atoms with van der Waals surface area (Å²) in [5.41, 5.74) is 2.65. The number of rotatable bonds is 5. The predicted octanol–water partition coefficient (Wildman–Crippen LogP) is 2.12. The van der Waals surface area contributed by atoms with Crippen molar-refractivity contribution in [3.63, 3.8) is 0 Å². The fourth-order valence-corrected chi connectivity index (χ4v) is 6.95. The fraction of sp³-hybridized carbons (Fsp3) is 0.500. The second-order valence-corrected chi connectivity index (χ2v) is 10.8. The van der Waals surface area contributed by atoms with E-state index in [1.54, 1.807) is 24.3 Å². The smallest absolute Gasteiger partial charge is 0.243 e. The molecule has 0 bridgehead atoms. The number of piperazine rings is 1. The van der Waals surface area contributed by atoms with Gasteiger partial charge >= 0.3 is 0 Å². The van der Waals surface area contributed by atoms with Crippen LogP contribution in [0, 0.1) is 6.92 Å². The number of phenolic OH excluding ortho intramolecular Hbond substituents is 1. The van der Waals surface area contributed by atoms with E-state index in [1.807, 2.05) is 25.1 Å². The highest BCUT2D eigenvalue weighted by molar-refractivity contribution is 7.89. The minimum atomic E-state index is -3.59. The van der Waals surface area contributed by atoms with Crippen LogP contribution in [-0.4, -0.2) is 81.8 Å². The van der Waals surface area contributed by atoms with Crippen LogP contribution < -0.4 is 4.90 Å². The van der Waals surface area contributed by atoms with Crippen molar-refractivity contribution < 1.29 is 23.0 Å². The zero-order chi connectivity index (χ0) is 23.1. The number of benzene rings is 2. The number of aromatic hydroxyl groups is 1. The fourth-order valence-electron chi connectivity index (χ4n) is 5.13. The van der Waals surface area contributed by atoms with E-state index in [2.05, 4.69) is 9.80 Å². The molecule has 2 aromatic rings. The van der Waals surface area contributed by atoms with Gasteiger partial charge in [0.25, 0.3) is 0 Å². The SMILES string of the molecule is Cc1cccc2c1C1(CN(CCCN3CCN(c4ccc(O)cc4)CC3)S2(=O)=O)OCCO1. The van der Waals surface area contributed by atoms with Crippen molar-refractivity contribution in [1.82, 2.24) is 9.21 Å². The van der Waals surface area contributed by atoms with E-state index in [-0.39, 0.29) is 12.3 Å². The van der Waals surface area contributed by atoms with E-state index in [0.29, 0.717) is 30.2 Å². The first-order chi connectivity index (χ1) is 15.9. The number of phenols is 1. The van der Waals surface area contributed by atoms with Gasteiger partial charge in [-0.25, -0.2) is 8.42 Å². The Hall–Kier alpha value is -2.17. The van der Waals surface area contributed by atoms with Crippen LogP contribution in [0.4, 0.5) is 5.69 Å². The summed E-state index contributed by atoms with van der Waals surface area (Å²) in [6.45, 7) is 7.97. The normalized spacial score (nSPS) is 22.5. The van der Waals surface area contributed by atoms with Crippen LogP contribution in [0.25, 0.3) is 0 Å². The molecule has 5 rings (SSSR count). The lowest BCUT2D eigenvalue weighted by molar-refractivity contribution is -0.176. The Morgan fingerprint density at radius 3 is 2.36 bits per heavy atom. The molecule has 0 unspecified atom stereocenters. The third kappa shape index (κ3) is 4.24. The summed E-state index contributed by atoms with van der Waals surface area (Å²) in [4.78, 5) is 4.99. The summed E-state index contributed by atoms with van der Waals surface area (Å²) in [6.07, 6.45) is 0.746. The molecule has 8 nitrogen and oxygen atoms in total. The minimum absolute atomic E-state index is 0.196. The molecule has 0 radical (unpaired) electrons. The molecule has 2 saturated heterocycles. The van der Waals surface area contributed by atoms with Crippen LogP contribution in [-0.2, 0) is 25.3 Å². The zero-order valence-electron chi connectivity index (χ0n) is 18.9. The first-order valence-electron chi connectivity index (χ1n) is 11.5. The van der Waals surface area contributed by atoms with Gasteiger partial charge in [-0.15, -0.1) is 0 Å². The van der Waals surface area contributed by atoms with E-state index >= 15 is 0 Å². The Morgan fingerprint density at radius 1 is 0.970 bits per heavy atom. The molecule has 3 aliphatic heterocycles. The number of hydrogen-bond donors (Lipinski definition) is 1. The van der Waals surface area contributed by atoms with Crippen molar-refractivity contribution in [1.29, 1.82) is 0 Å². The summed E-state index contributed by atoms with van der Waals surface area (Å²) in [6, 6.07) is 12.7. The monoisotopic (exact) mass is 473 g/mol. The number of anilines is 1. The highest BCUT2D eigenvalue weighted by atomic mass is 32.2. The van der Waals surface area contributed by atoms with Crippen LogP contribution >= 0.6 is 0 Å². The average Bonchev–Trinajstić information content (AvgIpc) is 3.27. The van der Waals surface area contributed by atoms with Gasteiger partial charge in [-0.1, -0.05) is 12.1 Å². The molecule has 33 heavy (non-hydrogen) atoms. The van der Waals surface area contributed by atoms with Crippen molar-refractivity contribution in [3.05, 3.63) is 53.6 Å². The highest BCUT2D eigenvalue weighted by Crippen LogP contribution is 2.43. The maximum Gasteiger partial charge on any atom is 0.243 e. The molecular weight excluding hydrogens is 442 g/mol. The lowest BCUT2D eigenvalue weighted by atomic mass is 9.99. The van der Waals surface area contributed by atoms with Crippen LogP contribution in [0.15, 0.2) is 47.4 Å². The molecule has 1 N–H and O–H groups in total. The summed E-state index contributed by atoms with van der Waals surface area (Å²) >= 11 is 0. The van der Waals surface area contributed by atoms with Gasteiger partial charge < -0.3 is 19.5 Å². The first kappa shape index (κ1) is 22.6. The van der Waals surface area contributed by atoms with Crippen molar-refractivity contribution in [2.45, 2.75) is 24.0 Å². The van der Waals surface area contributed by atoms with E-state index in [9.17, 15) is 13.5 Å². The molecule has 0 amide bonds. The summed E-state index contributed by atoms with van der Waals surface area (Å²) < 4.78 is 40.3. The molecular formula is C24H31N3O5S. The summed E-state index contributed by atoms with van der Waals surface area (Å²) in [7, 11) is -3.59. The Morgan fingerprint density at radius 2 is 1.67 bits per heavy atom. The lowest BCUT2D eigenvalue weighted by Gasteiger charge is -2.40. The minimum Gasteiger partial charge on any atom is -0.508 e. The van der Waals surface area contributed by atoms with Gasteiger partial charge in [0.05, 0.1) is 24.7 Å². The van der Waals surface area contributed by atoms with Gasteiger partial charge in [0, 0.05) is 44.0 Å². The van der Waals surface area contributed by atoms with Crippen molar-refractivity contribution in [3.8, 4) is 5.75 Å². The molecule has 2 aromatic carbocycles. The van der Waals surface area contributed by atoms with Gasteiger partial charge in [0.15, 0.2) is 0 Å². The average molecular weight is 474 g/mol. The largest absolute Gasteiger partial charge is 0.508 e. The Bertz CT molecular complexity index is 1090. The third-order valence-corrected chi connectivity index (χ3v) is 8.73. The molecule has 0 aliphatic carbocycles. The second-order valence-electron chi connectivity index (χ2n) is 8.94. The van der Waals surface area contributed by atoms with Crippen molar-refractivity contribution >= 4 is 15.7 Å². The van der Waals surface area contributed by atoms with Gasteiger partial charge in [0.2, 0.25) is 15.8 Å². The Labute approximate surface area is 195 Å². The number of nitrogens with zero attached hydrogens (tertiary/aromatic N) is 3. The van der Waals surface area contributed by atoms with Crippen LogP contribution in [0.1, 0.15) is 17.5 Å². The van der Waals surface area contributed by atoms with Crippen molar-refractivity contribution in [2.75, 3.05) is 63.9 Å². The van der Waals surface area contributed by atoms with Gasteiger partial charge in [-0.2, -0.15) is 4.31 Å². The molecule has 178 valence electrons. The highest BCUT2D eigenvalue weighted by Gasteiger charge is 2.51. The summed E-state index contributed by atoms with van der Waals surface area (Å²) in [5, 5.41) is 9.48. The van der Waals surface area contributed by atoms with E-state index in [0.717, 1.165) is 50.4 Å². The van der Waals surface area contributed by atoms with Crippen LogP contribution in [0.3, 0.4) is 0 Å². The number of ether oxygens (including phenoxy) is 2. The molecule has 0 atom stereocenters. The standard InChI is InChI=1S/C24H31N3O5S/c1-19-4-2-5-22-23(19)24(31-16-17-32-24)18-27(33(22,29)30)11-3-10-25-12-14-26(15-13-25)20-6-8-21(28)9-7-20/h2,4-9,28H,3,10-18H2,1H3. The number of sulfonamides is 1. The summed E-state index contributed by atoms with van der Waals surface area (Å²) in [5.74, 6) is -0.722. The molecule has 3 heterocycles. The molecule has 0 saturated carbocycles. The topological polar surface area (TPSA) is 82.6 Å². The van der Waals surface area contributed by atoms with Gasteiger partial charge in [0.1, 0.15) is 5.75 Å². The third-order valence-electron chi connectivity index (χ3n) is 6.84. The molecule has 3 aliphatic rings. The van der Waals surface area contributed by atoms with E-state index in [4.69, 9.17) is 9.47 Å². The van der Waals surface area contributed by atoms with Crippen molar-refractivity contribution in [2.24, 2.45) is 0 Å². The van der Waals surface area contributed by atoms with Gasteiger partial charge in [-0.05, 0) is 55.8 Å². The van der Waals surface area contributed by atoms with Crippen LogP contribution in [0.5, 0.6) is 5.75 Å².